The zero-order chi connectivity index (χ0) is 9.97. The summed E-state index contributed by atoms with van der Waals surface area (Å²) in [5.41, 5.74) is 10.6. The summed E-state index contributed by atoms with van der Waals surface area (Å²) in [6, 6.07) is 5.74. The lowest BCUT2D eigenvalue weighted by molar-refractivity contribution is 0.953. The molecule has 4 nitrogen and oxygen atoms in total. The molecule has 0 aliphatic carbocycles. The van der Waals surface area contributed by atoms with Gasteiger partial charge in [0.1, 0.15) is 0 Å². The molecule has 0 aliphatic rings. The molecule has 2 rings (SSSR count). The summed E-state index contributed by atoms with van der Waals surface area (Å²) in [4.78, 5) is 4.16. The van der Waals surface area contributed by atoms with Crippen molar-refractivity contribution in [3.05, 3.63) is 42.4 Å². The van der Waals surface area contributed by atoms with E-state index in [-0.39, 0.29) is 0 Å². The molecule has 72 valence electrons. The van der Waals surface area contributed by atoms with E-state index in [1.807, 2.05) is 37.5 Å². The molecule has 0 unspecified atom stereocenters. The Balaban J connectivity index is 2.29. The van der Waals surface area contributed by atoms with Gasteiger partial charge in [0.15, 0.2) is 5.82 Å². The number of rotatable bonds is 2. The maximum absolute atomic E-state index is 5.86. The summed E-state index contributed by atoms with van der Waals surface area (Å²) in [5.74, 6) is 0.682. The largest absolute Gasteiger partial charge is 0.395 e. The van der Waals surface area contributed by atoms with Crippen molar-refractivity contribution in [1.29, 1.82) is 0 Å². The van der Waals surface area contributed by atoms with Crippen molar-refractivity contribution in [1.82, 2.24) is 9.66 Å². The van der Waals surface area contributed by atoms with Crippen LogP contribution in [-0.2, 0) is 0 Å². The van der Waals surface area contributed by atoms with Crippen LogP contribution in [0.1, 0.15) is 5.56 Å². The van der Waals surface area contributed by atoms with E-state index in [2.05, 4.69) is 10.4 Å². The SMILES string of the molecule is Cc1ccnc(Nn2cccc2)c1N. The molecule has 0 spiro atoms. The van der Waals surface area contributed by atoms with Gasteiger partial charge in [0.05, 0.1) is 5.69 Å². The zero-order valence-corrected chi connectivity index (χ0v) is 7.94. The van der Waals surface area contributed by atoms with Crippen LogP contribution in [0.5, 0.6) is 0 Å². The summed E-state index contributed by atoms with van der Waals surface area (Å²) >= 11 is 0. The monoisotopic (exact) mass is 188 g/mol. The van der Waals surface area contributed by atoms with Crippen LogP contribution in [0.2, 0.25) is 0 Å². The van der Waals surface area contributed by atoms with Gasteiger partial charge in [-0.1, -0.05) is 0 Å². The van der Waals surface area contributed by atoms with Crippen molar-refractivity contribution in [2.45, 2.75) is 6.92 Å². The molecule has 0 aliphatic heterocycles. The van der Waals surface area contributed by atoms with Crippen LogP contribution in [0.4, 0.5) is 11.5 Å². The Morgan fingerprint density at radius 1 is 1.36 bits per heavy atom. The number of pyridine rings is 1. The second kappa shape index (κ2) is 3.41. The molecule has 0 saturated heterocycles. The molecule has 0 aromatic carbocycles. The molecule has 4 heteroatoms. The minimum absolute atomic E-state index is 0.682. The van der Waals surface area contributed by atoms with Gasteiger partial charge in [-0.25, -0.2) is 4.98 Å². The number of aromatic nitrogens is 2. The van der Waals surface area contributed by atoms with Gasteiger partial charge in [0.2, 0.25) is 0 Å². The highest BCUT2D eigenvalue weighted by Gasteiger charge is 2.01. The van der Waals surface area contributed by atoms with Gasteiger partial charge in [-0.3, -0.25) is 10.1 Å². The fraction of sp³-hybridized carbons (Fsp3) is 0.100. The van der Waals surface area contributed by atoms with E-state index >= 15 is 0 Å². The highest BCUT2D eigenvalue weighted by Crippen LogP contribution is 2.18. The topological polar surface area (TPSA) is 55.9 Å². The zero-order valence-electron chi connectivity index (χ0n) is 7.94. The van der Waals surface area contributed by atoms with Crippen molar-refractivity contribution < 1.29 is 0 Å². The van der Waals surface area contributed by atoms with E-state index in [0.29, 0.717) is 11.5 Å². The van der Waals surface area contributed by atoms with E-state index in [1.54, 1.807) is 10.9 Å². The van der Waals surface area contributed by atoms with E-state index < -0.39 is 0 Å². The summed E-state index contributed by atoms with van der Waals surface area (Å²) in [5, 5.41) is 0. The van der Waals surface area contributed by atoms with Crippen molar-refractivity contribution in [2.24, 2.45) is 0 Å². The van der Waals surface area contributed by atoms with Gasteiger partial charge in [-0.05, 0) is 30.7 Å². The highest BCUT2D eigenvalue weighted by molar-refractivity contribution is 5.64. The Hall–Kier alpha value is -1.97. The molecule has 3 N–H and O–H groups in total. The van der Waals surface area contributed by atoms with E-state index in [4.69, 9.17) is 5.73 Å². The maximum atomic E-state index is 5.86. The Morgan fingerprint density at radius 3 is 2.79 bits per heavy atom. The third-order valence-corrected chi connectivity index (χ3v) is 2.05. The summed E-state index contributed by atoms with van der Waals surface area (Å²) in [7, 11) is 0. The van der Waals surface area contributed by atoms with Gasteiger partial charge < -0.3 is 5.73 Å². The Kier molecular flexibility index (Phi) is 2.10. The smallest absolute Gasteiger partial charge is 0.168 e. The minimum atomic E-state index is 0.682. The maximum Gasteiger partial charge on any atom is 0.168 e. The van der Waals surface area contributed by atoms with Crippen LogP contribution in [0.25, 0.3) is 0 Å². The van der Waals surface area contributed by atoms with Gasteiger partial charge in [-0.15, -0.1) is 0 Å². The van der Waals surface area contributed by atoms with Gasteiger partial charge in [0.25, 0.3) is 0 Å². The van der Waals surface area contributed by atoms with Crippen LogP contribution in [-0.4, -0.2) is 9.66 Å². The second-order valence-electron chi connectivity index (χ2n) is 3.09. The number of hydrogen-bond donors (Lipinski definition) is 2. The molecule has 0 fully saturated rings. The number of aryl methyl sites for hydroxylation is 1. The first-order valence-electron chi connectivity index (χ1n) is 4.38. The van der Waals surface area contributed by atoms with Crippen LogP contribution < -0.4 is 11.2 Å². The van der Waals surface area contributed by atoms with Crippen molar-refractivity contribution in [3.63, 3.8) is 0 Å². The molecule has 0 saturated carbocycles. The lowest BCUT2D eigenvalue weighted by Gasteiger charge is -2.10. The summed E-state index contributed by atoms with van der Waals surface area (Å²) in [6.45, 7) is 1.96. The lowest BCUT2D eigenvalue weighted by Crippen LogP contribution is -2.10. The third kappa shape index (κ3) is 1.54. The minimum Gasteiger partial charge on any atom is -0.395 e. The predicted octanol–water partition coefficient (Wildman–Crippen LogP) is 1.65. The Bertz CT molecular complexity index is 420. The van der Waals surface area contributed by atoms with E-state index in [9.17, 15) is 0 Å². The normalized spacial score (nSPS) is 10.1. The molecule has 0 amide bonds. The average Bonchev–Trinajstić information content (AvgIpc) is 2.66. The summed E-state index contributed by atoms with van der Waals surface area (Å²) in [6.07, 6.45) is 5.52. The Morgan fingerprint density at radius 2 is 2.07 bits per heavy atom. The standard InChI is InChI=1S/C10H12N4/c1-8-4-5-12-10(9(8)11)13-14-6-2-3-7-14/h2-7H,11H2,1H3,(H,12,13). The van der Waals surface area contributed by atoms with E-state index in [0.717, 1.165) is 5.56 Å². The molecule has 0 radical (unpaired) electrons. The number of nitrogens with one attached hydrogen (secondary N) is 1. The van der Waals surface area contributed by atoms with Crippen molar-refractivity contribution in [2.75, 3.05) is 11.2 Å². The van der Waals surface area contributed by atoms with Crippen LogP contribution in [0.15, 0.2) is 36.8 Å². The number of nitrogens with zero attached hydrogens (tertiary/aromatic N) is 2. The molecule has 0 atom stereocenters. The second-order valence-corrected chi connectivity index (χ2v) is 3.09. The first kappa shape index (κ1) is 8.62. The van der Waals surface area contributed by atoms with Crippen LogP contribution >= 0.6 is 0 Å². The van der Waals surface area contributed by atoms with Gasteiger partial charge in [0, 0.05) is 18.6 Å². The fourth-order valence-corrected chi connectivity index (χ4v) is 1.19. The van der Waals surface area contributed by atoms with Crippen molar-refractivity contribution in [3.8, 4) is 0 Å². The molecule has 14 heavy (non-hydrogen) atoms. The highest BCUT2D eigenvalue weighted by atomic mass is 15.4. The molecular weight excluding hydrogens is 176 g/mol. The average molecular weight is 188 g/mol. The predicted molar refractivity (Wildman–Crippen MR) is 56.8 cm³/mol. The molecular formula is C10H12N4. The lowest BCUT2D eigenvalue weighted by atomic mass is 10.2. The molecule has 2 aromatic rings. The van der Waals surface area contributed by atoms with Gasteiger partial charge in [-0.2, -0.15) is 0 Å². The number of anilines is 2. The van der Waals surface area contributed by atoms with E-state index in [1.165, 1.54) is 0 Å². The number of hydrogen-bond acceptors (Lipinski definition) is 3. The van der Waals surface area contributed by atoms with Crippen LogP contribution in [0, 0.1) is 6.92 Å². The molecule has 2 aromatic heterocycles. The molecule has 0 bridgehead atoms. The Labute approximate surface area is 82.4 Å². The van der Waals surface area contributed by atoms with Crippen molar-refractivity contribution >= 4 is 11.5 Å². The van der Waals surface area contributed by atoms with Gasteiger partial charge >= 0.3 is 0 Å². The molecule has 2 heterocycles. The summed E-state index contributed by atoms with van der Waals surface area (Å²) < 4.78 is 1.80. The first-order valence-corrected chi connectivity index (χ1v) is 4.38. The number of nitrogens with two attached hydrogens (primary N) is 1. The fourth-order valence-electron chi connectivity index (χ4n) is 1.19. The van der Waals surface area contributed by atoms with Crippen LogP contribution in [0.3, 0.4) is 0 Å². The quantitative estimate of drug-likeness (QED) is 0.753. The third-order valence-electron chi connectivity index (χ3n) is 2.05. The first-order chi connectivity index (χ1) is 6.77. The number of nitrogen functional groups attached to an aromatic ring is 1.